The minimum atomic E-state index is -1.53. The number of urea groups is 1. The van der Waals surface area contributed by atoms with Gasteiger partial charge in [0.2, 0.25) is 5.91 Å². The highest BCUT2D eigenvalue weighted by Gasteiger charge is 2.41. The van der Waals surface area contributed by atoms with Crippen molar-refractivity contribution in [3.8, 4) is 5.75 Å². The standard InChI is InChI=1S/C23H25N5O9S/c1-2-27-7-8-28(20(32)19(27)31)23(36)26-14(11-3-5-13(29)6-4-11)17(30)24-16(21(33)34)18-25-15-12(10-38-18)9-37-22(15)35/h3-6,14,16,18,25,29H,2,7-10H2,1H3,(H,24,30)(H,26,36)(H,33,34)/t14-,16+,18-/m1/s1. The van der Waals surface area contributed by atoms with Gasteiger partial charge in [-0.25, -0.2) is 14.4 Å². The van der Waals surface area contributed by atoms with Gasteiger partial charge in [-0.05, 0) is 24.6 Å². The molecule has 0 aromatic heterocycles. The van der Waals surface area contributed by atoms with Crippen molar-refractivity contribution in [1.29, 1.82) is 0 Å². The summed E-state index contributed by atoms with van der Waals surface area (Å²) in [5, 5.41) is 26.2. The van der Waals surface area contributed by atoms with Crippen LogP contribution in [0.5, 0.6) is 5.75 Å². The number of phenolic OH excluding ortho intramolecular Hbond substituents is 1. The van der Waals surface area contributed by atoms with Crippen LogP contribution in [0.1, 0.15) is 18.5 Å². The van der Waals surface area contributed by atoms with Crippen molar-refractivity contribution in [3.63, 3.8) is 0 Å². The third-order valence-electron chi connectivity index (χ3n) is 6.22. The Hall–Kier alpha value is -4.27. The molecular formula is C23H25N5O9S. The van der Waals surface area contributed by atoms with Crippen molar-refractivity contribution < 1.29 is 43.7 Å². The van der Waals surface area contributed by atoms with Crippen molar-refractivity contribution in [2.45, 2.75) is 24.4 Å². The summed E-state index contributed by atoms with van der Waals surface area (Å²) in [6, 6.07) is 1.19. The van der Waals surface area contributed by atoms with E-state index in [1.54, 1.807) is 6.92 Å². The molecule has 0 unspecified atom stereocenters. The number of carboxylic acids is 1. The lowest BCUT2D eigenvalue weighted by molar-refractivity contribution is -0.153. The maximum atomic E-state index is 13.4. The number of thioether (sulfide) groups is 1. The highest BCUT2D eigenvalue weighted by molar-refractivity contribution is 8.00. The lowest BCUT2D eigenvalue weighted by Crippen LogP contribution is -2.60. The fourth-order valence-corrected chi connectivity index (χ4v) is 5.30. The topological polar surface area (TPSA) is 195 Å². The third-order valence-corrected chi connectivity index (χ3v) is 7.48. The van der Waals surface area contributed by atoms with Crippen LogP contribution in [0.4, 0.5) is 4.79 Å². The second-order valence-corrected chi connectivity index (χ2v) is 9.70. The van der Waals surface area contributed by atoms with E-state index in [9.17, 15) is 39.0 Å². The maximum absolute atomic E-state index is 13.4. The molecule has 0 radical (unpaired) electrons. The number of esters is 1. The van der Waals surface area contributed by atoms with Gasteiger partial charge in [0.1, 0.15) is 29.5 Å². The van der Waals surface area contributed by atoms with Crippen LogP contribution in [0.15, 0.2) is 35.5 Å². The smallest absolute Gasteiger partial charge is 0.354 e. The van der Waals surface area contributed by atoms with E-state index < -0.39 is 53.1 Å². The Kier molecular flexibility index (Phi) is 7.75. The predicted molar refractivity (Wildman–Crippen MR) is 130 cm³/mol. The van der Waals surface area contributed by atoms with Gasteiger partial charge in [0.15, 0.2) is 6.04 Å². The summed E-state index contributed by atoms with van der Waals surface area (Å²) in [5.41, 5.74) is 1.02. The van der Waals surface area contributed by atoms with Gasteiger partial charge in [0.05, 0.1) is 0 Å². The molecule has 1 aromatic rings. The molecule has 1 aromatic carbocycles. The molecule has 5 amide bonds. The first-order valence-electron chi connectivity index (χ1n) is 11.6. The molecule has 0 aliphatic carbocycles. The van der Waals surface area contributed by atoms with Crippen molar-refractivity contribution in [3.05, 3.63) is 41.1 Å². The highest BCUT2D eigenvalue weighted by atomic mass is 32.2. The molecule has 14 nitrogen and oxygen atoms in total. The van der Waals surface area contributed by atoms with Crippen LogP contribution in [0, 0.1) is 0 Å². The zero-order chi connectivity index (χ0) is 27.6. The Morgan fingerprint density at radius 3 is 2.50 bits per heavy atom. The van der Waals surface area contributed by atoms with Crippen LogP contribution in [-0.2, 0) is 28.7 Å². The average molecular weight is 548 g/mol. The number of aromatic hydroxyl groups is 1. The number of nitrogens with one attached hydrogen (secondary N) is 3. The first-order chi connectivity index (χ1) is 18.1. The number of cyclic esters (lactones) is 1. The largest absolute Gasteiger partial charge is 0.508 e. The van der Waals surface area contributed by atoms with Crippen molar-refractivity contribution in [1.82, 2.24) is 25.8 Å². The second-order valence-electron chi connectivity index (χ2n) is 8.57. The van der Waals surface area contributed by atoms with Crippen LogP contribution in [0.2, 0.25) is 0 Å². The molecule has 1 fully saturated rings. The Morgan fingerprint density at radius 2 is 1.84 bits per heavy atom. The molecule has 5 N–H and O–H groups in total. The van der Waals surface area contributed by atoms with Crippen LogP contribution in [0.3, 0.4) is 0 Å². The summed E-state index contributed by atoms with van der Waals surface area (Å²) in [5.74, 6) is -4.66. The number of carbonyl (C=O) groups excluding carboxylic acids is 5. The number of carbonyl (C=O) groups is 6. The monoisotopic (exact) mass is 547 g/mol. The number of nitrogens with zero attached hydrogens (tertiary/aromatic N) is 2. The van der Waals surface area contributed by atoms with E-state index in [4.69, 9.17) is 4.74 Å². The summed E-state index contributed by atoms with van der Waals surface area (Å²) >= 11 is 1.16. The number of ether oxygens (including phenoxy) is 1. The Morgan fingerprint density at radius 1 is 1.13 bits per heavy atom. The lowest BCUT2D eigenvalue weighted by Gasteiger charge is -2.33. The molecule has 4 rings (SSSR count). The number of likely N-dealkylation sites (N-methyl/N-ethyl adjacent to an activating group) is 1. The van der Waals surface area contributed by atoms with Crippen LogP contribution in [-0.4, -0.2) is 99.1 Å². The fourth-order valence-electron chi connectivity index (χ4n) is 4.11. The van der Waals surface area contributed by atoms with E-state index in [0.29, 0.717) is 22.8 Å². The van der Waals surface area contributed by atoms with Crippen molar-refractivity contribution >= 4 is 47.5 Å². The van der Waals surface area contributed by atoms with Gasteiger partial charge in [-0.3, -0.25) is 19.3 Å². The second kappa shape index (κ2) is 11.0. The molecule has 3 aliphatic rings. The van der Waals surface area contributed by atoms with Crippen LogP contribution >= 0.6 is 11.8 Å². The number of carboxylic acid groups (broad SMARTS) is 1. The third kappa shape index (κ3) is 5.37. The zero-order valence-electron chi connectivity index (χ0n) is 20.1. The number of amides is 5. The molecular weight excluding hydrogens is 522 g/mol. The van der Waals surface area contributed by atoms with Gasteiger partial charge in [0.25, 0.3) is 0 Å². The average Bonchev–Trinajstić information content (AvgIpc) is 3.27. The number of aliphatic carboxylic acids is 1. The Balaban J connectivity index is 1.54. The van der Waals surface area contributed by atoms with Crippen molar-refractivity contribution in [2.75, 3.05) is 32.0 Å². The summed E-state index contributed by atoms with van der Waals surface area (Å²) in [6.45, 7) is 2.11. The quantitative estimate of drug-likeness (QED) is 0.205. The van der Waals surface area contributed by atoms with Crippen molar-refractivity contribution in [2.24, 2.45) is 0 Å². The number of benzene rings is 1. The van der Waals surface area contributed by atoms with E-state index in [2.05, 4.69) is 16.0 Å². The van der Waals surface area contributed by atoms with E-state index in [1.165, 1.54) is 29.2 Å². The predicted octanol–water partition coefficient (Wildman–Crippen LogP) is -1.12. The van der Waals surface area contributed by atoms with Gasteiger partial charge in [0, 0.05) is 31.0 Å². The van der Waals surface area contributed by atoms with Gasteiger partial charge in [-0.2, -0.15) is 0 Å². The minimum absolute atomic E-state index is 0.0951. The highest BCUT2D eigenvalue weighted by Crippen LogP contribution is 2.29. The van der Waals surface area contributed by atoms with E-state index >= 15 is 0 Å². The fraction of sp³-hybridized carbons (Fsp3) is 0.391. The normalized spacial score (nSPS) is 20.8. The van der Waals surface area contributed by atoms with E-state index in [-0.39, 0.29) is 36.7 Å². The number of rotatable bonds is 7. The van der Waals surface area contributed by atoms with Gasteiger partial charge in [-0.1, -0.05) is 12.1 Å². The number of imide groups is 1. The number of piperazine rings is 1. The Bertz CT molecular complexity index is 1220. The molecule has 3 atom stereocenters. The summed E-state index contributed by atoms with van der Waals surface area (Å²) in [6.07, 6.45) is 0. The summed E-state index contributed by atoms with van der Waals surface area (Å²) < 4.78 is 4.96. The number of hydrogen-bond acceptors (Lipinski definition) is 10. The van der Waals surface area contributed by atoms with E-state index in [1.807, 2.05) is 0 Å². The van der Waals surface area contributed by atoms with Crippen LogP contribution in [0.25, 0.3) is 0 Å². The lowest BCUT2D eigenvalue weighted by atomic mass is 10.1. The molecule has 0 bridgehead atoms. The molecule has 0 spiro atoms. The Labute approximate surface area is 220 Å². The number of hydrogen-bond donors (Lipinski definition) is 5. The van der Waals surface area contributed by atoms with Gasteiger partial charge < -0.3 is 35.8 Å². The number of phenols is 1. The molecule has 202 valence electrons. The van der Waals surface area contributed by atoms with Crippen LogP contribution < -0.4 is 16.0 Å². The van der Waals surface area contributed by atoms with Gasteiger partial charge in [-0.15, -0.1) is 11.8 Å². The summed E-state index contributed by atoms with van der Waals surface area (Å²) in [4.78, 5) is 77.1. The molecule has 3 aliphatic heterocycles. The molecule has 38 heavy (non-hydrogen) atoms. The van der Waals surface area contributed by atoms with E-state index in [0.717, 1.165) is 11.8 Å². The summed E-state index contributed by atoms with van der Waals surface area (Å²) in [7, 11) is 0. The zero-order valence-corrected chi connectivity index (χ0v) is 20.9. The SMILES string of the molecule is CCN1CCN(C(=O)N[C@@H](C(=O)N[C@H](C(=O)O)[C@@H]2NC3=C(COC3=O)CS2)c2ccc(O)cc2)C(=O)C1=O. The van der Waals surface area contributed by atoms with Gasteiger partial charge >= 0.3 is 29.8 Å². The molecule has 15 heteroatoms. The maximum Gasteiger partial charge on any atom is 0.354 e. The molecule has 1 saturated heterocycles. The molecule has 3 heterocycles. The molecule has 0 saturated carbocycles. The first kappa shape index (κ1) is 26.8. The minimum Gasteiger partial charge on any atom is -0.508 e. The first-order valence-corrected chi connectivity index (χ1v) is 12.7.